The summed E-state index contributed by atoms with van der Waals surface area (Å²) in [5.41, 5.74) is 1.12. The molecule has 1 N–H and O–H groups in total. The number of hydrogen-bond acceptors (Lipinski definition) is 5. The van der Waals surface area contributed by atoms with Gasteiger partial charge in [-0.1, -0.05) is 23.2 Å². The molecular formula is C15H14Cl2N2O3S. The smallest absolute Gasteiger partial charge is 0.341 e. The van der Waals surface area contributed by atoms with E-state index in [-0.39, 0.29) is 22.5 Å². The van der Waals surface area contributed by atoms with Crippen LogP contribution < -0.4 is 5.32 Å². The van der Waals surface area contributed by atoms with Gasteiger partial charge in [0.25, 0.3) is 5.91 Å². The van der Waals surface area contributed by atoms with E-state index < -0.39 is 11.9 Å². The first-order valence-corrected chi connectivity index (χ1v) is 8.32. The number of carbonyl (C=O) groups is 2. The highest BCUT2D eigenvalue weighted by Crippen LogP contribution is 2.33. The third kappa shape index (κ3) is 3.83. The predicted octanol–water partition coefficient (Wildman–Crippen LogP) is 4.50. The van der Waals surface area contributed by atoms with Crippen LogP contribution in [0.25, 0.3) is 0 Å². The van der Waals surface area contributed by atoms with E-state index in [1.807, 2.05) is 6.92 Å². The summed E-state index contributed by atoms with van der Waals surface area (Å²) in [5.74, 6) is -1.01. The highest BCUT2D eigenvalue weighted by atomic mass is 35.5. The maximum atomic E-state index is 12.4. The van der Waals surface area contributed by atoms with Gasteiger partial charge < -0.3 is 10.1 Å². The second-order valence-corrected chi connectivity index (χ2v) is 6.65. The lowest BCUT2D eigenvalue weighted by molar-refractivity contribution is 0.0527. The molecule has 0 aromatic carbocycles. The fourth-order valence-electron chi connectivity index (χ4n) is 1.90. The van der Waals surface area contributed by atoms with Crippen LogP contribution in [0.4, 0.5) is 5.00 Å². The first-order chi connectivity index (χ1) is 10.8. The molecule has 5 nitrogen and oxygen atoms in total. The lowest BCUT2D eigenvalue weighted by Gasteiger charge is -2.08. The van der Waals surface area contributed by atoms with Crippen LogP contribution in [0, 0.1) is 13.8 Å². The molecule has 0 unspecified atom stereocenters. The zero-order valence-electron chi connectivity index (χ0n) is 12.7. The Labute approximate surface area is 147 Å². The van der Waals surface area contributed by atoms with Gasteiger partial charge in [0.2, 0.25) is 0 Å². The van der Waals surface area contributed by atoms with Gasteiger partial charge in [-0.3, -0.25) is 4.79 Å². The standard InChI is InChI=1S/C15H14Cl2N2O3S/c1-4-22-15(21)11-7(2)8(3)23-14(11)19-13(20)12-9(16)5-6-10(17)18-12/h5-6H,4H2,1-3H3,(H,19,20). The Morgan fingerprint density at radius 1 is 1.30 bits per heavy atom. The Morgan fingerprint density at radius 3 is 2.65 bits per heavy atom. The fraction of sp³-hybridized carbons (Fsp3) is 0.267. The molecule has 0 saturated heterocycles. The van der Waals surface area contributed by atoms with E-state index in [9.17, 15) is 9.59 Å². The molecule has 2 aromatic rings. The predicted molar refractivity (Wildman–Crippen MR) is 92.0 cm³/mol. The van der Waals surface area contributed by atoms with Gasteiger partial charge in [0.05, 0.1) is 17.2 Å². The van der Waals surface area contributed by atoms with Crippen molar-refractivity contribution < 1.29 is 14.3 Å². The van der Waals surface area contributed by atoms with Gasteiger partial charge in [-0.05, 0) is 38.5 Å². The molecule has 0 fully saturated rings. The maximum Gasteiger partial charge on any atom is 0.341 e. The summed E-state index contributed by atoms with van der Waals surface area (Å²) < 4.78 is 5.05. The maximum absolute atomic E-state index is 12.4. The number of thiophene rings is 1. The van der Waals surface area contributed by atoms with E-state index in [0.717, 1.165) is 10.4 Å². The number of hydrogen-bond donors (Lipinski definition) is 1. The number of esters is 1. The van der Waals surface area contributed by atoms with Crippen molar-refractivity contribution in [3.05, 3.63) is 44.0 Å². The summed E-state index contributed by atoms with van der Waals surface area (Å²) in [7, 11) is 0. The summed E-state index contributed by atoms with van der Waals surface area (Å²) in [5, 5.41) is 3.40. The lowest BCUT2D eigenvalue weighted by Crippen LogP contribution is -2.16. The van der Waals surface area contributed by atoms with Crippen LogP contribution in [0.1, 0.15) is 38.2 Å². The van der Waals surface area contributed by atoms with Crippen molar-refractivity contribution in [3.8, 4) is 0 Å². The molecule has 0 aliphatic heterocycles. The first-order valence-electron chi connectivity index (χ1n) is 6.75. The number of anilines is 1. The van der Waals surface area contributed by atoms with Crippen LogP contribution in [0.5, 0.6) is 0 Å². The van der Waals surface area contributed by atoms with Gasteiger partial charge in [0, 0.05) is 4.88 Å². The second-order valence-electron chi connectivity index (χ2n) is 4.63. The SMILES string of the molecule is CCOC(=O)c1c(NC(=O)c2nc(Cl)ccc2Cl)sc(C)c1C. The van der Waals surface area contributed by atoms with Crippen molar-refractivity contribution in [2.75, 3.05) is 11.9 Å². The average molecular weight is 373 g/mol. The molecule has 0 aliphatic carbocycles. The number of carbonyl (C=O) groups excluding carboxylic acids is 2. The van der Waals surface area contributed by atoms with E-state index in [1.165, 1.54) is 23.5 Å². The minimum absolute atomic E-state index is 0.00215. The van der Waals surface area contributed by atoms with Crippen molar-refractivity contribution >= 4 is 51.4 Å². The van der Waals surface area contributed by atoms with Crippen LogP contribution in [-0.4, -0.2) is 23.5 Å². The molecule has 2 heterocycles. The van der Waals surface area contributed by atoms with E-state index in [4.69, 9.17) is 27.9 Å². The molecule has 2 aromatic heterocycles. The highest BCUT2D eigenvalue weighted by Gasteiger charge is 2.23. The normalized spacial score (nSPS) is 10.5. The Kier molecular flexibility index (Phi) is 5.62. The van der Waals surface area contributed by atoms with Gasteiger partial charge in [-0.15, -0.1) is 11.3 Å². The minimum atomic E-state index is -0.538. The Hall–Kier alpha value is -1.63. The molecule has 0 atom stereocenters. The zero-order chi connectivity index (χ0) is 17.1. The number of pyridine rings is 1. The van der Waals surface area contributed by atoms with Crippen molar-refractivity contribution in [1.29, 1.82) is 0 Å². The van der Waals surface area contributed by atoms with Gasteiger partial charge in [-0.25, -0.2) is 9.78 Å². The monoisotopic (exact) mass is 372 g/mol. The molecule has 1 amide bonds. The summed E-state index contributed by atoms with van der Waals surface area (Å²) in [6.07, 6.45) is 0. The number of rotatable bonds is 4. The van der Waals surface area contributed by atoms with Gasteiger partial charge in [0.15, 0.2) is 0 Å². The average Bonchev–Trinajstić information content (AvgIpc) is 2.76. The van der Waals surface area contributed by atoms with E-state index >= 15 is 0 Å². The topological polar surface area (TPSA) is 68.3 Å². The number of aromatic nitrogens is 1. The van der Waals surface area contributed by atoms with Crippen molar-refractivity contribution in [2.45, 2.75) is 20.8 Å². The van der Waals surface area contributed by atoms with Gasteiger partial charge in [0.1, 0.15) is 15.8 Å². The Bertz CT molecular complexity index is 774. The van der Waals surface area contributed by atoms with Gasteiger partial charge >= 0.3 is 5.97 Å². The number of aryl methyl sites for hydroxylation is 1. The Balaban J connectivity index is 2.36. The van der Waals surface area contributed by atoms with Crippen LogP contribution >= 0.6 is 34.5 Å². The Morgan fingerprint density at radius 2 is 2.00 bits per heavy atom. The van der Waals surface area contributed by atoms with Crippen LogP contribution in [0.15, 0.2) is 12.1 Å². The van der Waals surface area contributed by atoms with E-state index in [0.29, 0.717) is 10.6 Å². The summed E-state index contributed by atoms with van der Waals surface area (Å²) in [6, 6.07) is 2.98. The third-order valence-corrected chi connectivity index (χ3v) is 4.76. The first kappa shape index (κ1) is 17.7. The zero-order valence-corrected chi connectivity index (χ0v) is 15.0. The number of nitrogens with zero attached hydrogens (tertiary/aromatic N) is 1. The number of ether oxygens (including phenoxy) is 1. The van der Waals surface area contributed by atoms with Gasteiger partial charge in [-0.2, -0.15) is 0 Å². The molecular weight excluding hydrogens is 359 g/mol. The number of amides is 1. The third-order valence-electron chi connectivity index (χ3n) is 3.12. The molecule has 0 bridgehead atoms. The lowest BCUT2D eigenvalue weighted by atomic mass is 10.1. The summed E-state index contributed by atoms with van der Waals surface area (Å²) >= 11 is 13.1. The van der Waals surface area contributed by atoms with Crippen LogP contribution in [0.3, 0.4) is 0 Å². The molecule has 2 rings (SSSR count). The molecule has 0 saturated carbocycles. The number of nitrogens with one attached hydrogen (secondary N) is 1. The summed E-state index contributed by atoms with van der Waals surface area (Å²) in [6.45, 7) is 5.64. The van der Waals surface area contributed by atoms with Crippen molar-refractivity contribution in [2.24, 2.45) is 0 Å². The van der Waals surface area contributed by atoms with Crippen molar-refractivity contribution in [1.82, 2.24) is 4.98 Å². The quantitative estimate of drug-likeness (QED) is 0.633. The second kappa shape index (κ2) is 7.29. The highest BCUT2D eigenvalue weighted by molar-refractivity contribution is 7.16. The molecule has 23 heavy (non-hydrogen) atoms. The molecule has 0 aliphatic rings. The summed E-state index contributed by atoms with van der Waals surface area (Å²) in [4.78, 5) is 29.3. The molecule has 0 spiro atoms. The molecule has 0 radical (unpaired) electrons. The fourth-order valence-corrected chi connectivity index (χ4v) is 3.29. The minimum Gasteiger partial charge on any atom is -0.462 e. The molecule has 122 valence electrons. The largest absolute Gasteiger partial charge is 0.462 e. The van der Waals surface area contributed by atoms with Crippen LogP contribution in [-0.2, 0) is 4.74 Å². The molecule has 8 heteroatoms. The number of halogens is 2. The van der Waals surface area contributed by atoms with E-state index in [1.54, 1.807) is 13.8 Å². The van der Waals surface area contributed by atoms with Crippen LogP contribution in [0.2, 0.25) is 10.2 Å². The van der Waals surface area contributed by atoms with Crippen molar-refractivity contribution in [3.63, 3.8) is 0 Å². The van der Waals surface area contributed by atoms with E-state index in [2.05, 4.69) is 10.3 Å².